The molecular weight excluding hydrogens is 189 g/mol. The summed E-state index contributed by atoms with van der Waals surface area (Å²) in [5.41, 5.74) is 8.45. The van der Waals surface area contributed by atoms with Crippen molar-refractivity contribution < 1.29 is 4.39 Å². The van der Waals surface area contributed by atoms with Crippen LogP contribution in [0.2, 0.25) is 0 Å². The van der Waals surface area contributed by atoms with Crippen molar-refractivity contribution >= 4 is 0 Å². The number of alkyl halides is 1. The minimum Gasteiger partial charge on any atom is -0.330 e. The van der Waals surface area contributed by atoms with E-state index in [0.717, 1.165) is 5.56 Å². The Labute approximate surface area is 90.5 Å². The molecule has 82 valence electrons. The average molecular weight is 207 g/mol. The maximum atomic E-state index is 12.3. The van der Waals surface area contributed by atoms with Crippen molar-refractivity contribution in [2.75, 3.05) is 13.2 Å². The third kappa shape index (κ3) is 1.91. The van der Waals surface area contributed by atoms with Crippen molar-refractivity contribution in [2.45, 2.75) is 31.1 Å². The number of aryl methyl sites for hydroxylation is 1. The highest BCUT2D eigenvalue weighted by atomic mass is 19.1. The van der Waals surface area contributed by atoms with Gasteiger partial charge in [-0.1, -0.05) is 30.7 Å². The molecule has 0 bridgehead atoms. The minimum atomic E-state index is -0.279. The number of halogens is 1. The van der Waals surface area contributed by atoms with Crippen LogP contribution in [0.3, 0.4) is 0 Å². The first-order valence-corrected chi connectivity index (χ1v) is 5.66. The Hall–Kier alpha value is -0.890. The number of nitrogens with two attached hydrogens (primary N) is 1. The van der Waals surface area contributed by atoms with E-state index < -0.39 is 0 Å². The summed E-state index contributed by atoms with van der Waals surface area (Å²) in [7, 11) is 0. The maximum Gasteiger partial charge on any atom is 0.0934 e. The topological polar surface area (TPSA) is 26.0 Å². The Morgan fingerprint density at radius 2 is 2.13 bits per heavy atom. The van der Waals surface area contributed by atoms with Gasteiger partial charge in [0.1, 0.15) is 0 Å². The molecule has 0 radical (unpaired) electrons. The summed E-state index contributed by atoms with van der Waals surface area (Å²) < 4.78 is 12.3. The lowest BCUT2D eigenvalue weighted by Gasteiger charge is -2.41. The van der Waals surface area contributed by atoms with Gasteiger partial charge in [0.25, 0.3) is 0 Å². The first kappa shape index (κ1) is 10.6. The molecular formula is C13H18FN. The summed E-state index contributed by atoms with van der Waals surface area (Å²) in [5.74, 6) is 0. The quantitative estimate of drug-likeness (QED) is 0.806. The van der Waals surface area contributed by atoms with Crippen molar-refractivity contribution in [3.05, 3.63) is 35.4 Å². The van der Waals surface area contributed by atoms with Gasteiger partial charge in [0.05, 0.1) is 6.67 Å². The summed E-state index contributed by atoms with van der Waals surface area (Å²) >= 11 is 0. The molecule has 0 amide bonds. The van der Waals surface area contributed by atoms with Gasteiger partial charge in [-0.05, 0) is 24.0 Å². The van der Waals surface area contributed by atoms with Gasteiger partial charge in [-0.15, -0.1) is 0 Å². The van der Waals surface area contributed by atoms with E-state index in [1.807, 2.05) is 12.1 Å². The Balaban J connectivity index is 2.23. The fraction of sp³-hybridized carbons (Fsp3) is 0.538. The van der Waals surface area contributed by atoms with Crippen LogP contribution >= 0.6 is 0 Å². The highest BCUT2D eigenvalue weighted by Gasteiger charge is 2.37. The first-order valence-electron chi connectivity index (χ1n) is 5.66. The molecule has 2 rings (SSSR count). The minimum absolute atomic E-state index is 0.201. The van der Waals surface area contributed by atoms with E-state index in [0.29, 0.717) is 13.0 Å². The zero-order valence-electron chi connectivity index (χ0n) is 9.01. The lowest BCUT2D eigenvalue weighted by molar-refractivity contribution is 0.253. The second-order valence-corrected chi connectivity index (χ2v) is 4.48. The molecule has 0 unspecified atom stereocenters. The van der Waals surface area contributed by atoms with Gasteiger partial charge in [0.2, 0.25) is 0 Å². The van der Waals surface area contributed by atoms with Gasteiger partial charge in [-0.25, -0.2) is 0 Å². The summed E-state index contributed by atoms with van der Waals surface area (Å²) in [6.07, 6.45) is 4.16. The van der Waals surface area contributed by atoms with Crippen LogP contribution in [0.4, 0.5) is 4.39 Å². The maximum absolute atomic E-state index is 12.3. The predicted molar refractivity (Wildman–Crippen MR) is 60.7 cm³/mol. The highest BCUT2D eigenvalue weighted by Crippen LogP contribution is 2.42. The third-order valence-corrected chi connectivity index (χ3v) is 3.62. The van der Waals surface area contributed by atoms with E-state index in [-0.39, 0.29) is 12.1 Å². The van der Waals surface area contributed by atoms with Crippen LogP contribution < -0.4 is 5.73 Å². The molecule has 0 spiro atoms. The largest absolute Gasteiger partial charge is 0.330 e. The zero-order chi connectivity index (χ0) is 10.7. The van der Waals surface area contributed by atoms with E-state index in [4.69, 9.17) is 5.73 Å². The van der Waals surface area contributed by atoms with E-state index in [9.17, 15) is 4.39 Å². The standard InChI is InChI=1S/C13H18FN/c14-8-5-11-3-1-4-12(9-11)13(10-15)6-2-7-13/h1,3-4,9H,2,5-8,10,15H2. The van der Waals surface area contributed by atoms with Crippen molar-refractivity contribution in [1.29, 1.82) is 0 Å². The lowest BCUT2D eigenvalue weighted by Crippen LogP contribution is -2.41. The second-order valence-electron chi connectivity index (χ2n) is 4.48. The molecule has 1 fully saturated rings. The van der Waals surface area contributed by atoms with Crippen LogP contribution in [0.5, 0.6) is 0 Å². The van der Waals surface area contributed by atoms with Gasteiger partial charge in [-0.2, -0.15) is 0 Å². The Morgan fingerprint density at radius 1 is 1.33 bits per heavy atom. The number of hydrogen-bond acceptors (Lipinski definition) is 1. The van der Waals surface area contributed by atoms with E-state index in [2.05, 4.69) is 12.1 Å². The molecule has 1 nitrogen and oxygen atoms in total. The molecule has 0 atom stereocenters. The zero-order valence-corrected chi connectivity index (χ0v) is 9.01. The number of hydrogen-bond donors (Lipinski definition) is 1. The van der Waals surface area contributed by atoms with Crippen LogP contribution in [-0.2, 0) is 11.8 Å². The molecule has 1 aliphatic carbocycles. The summed E-state index contributed by atoms with van der Waals surface area (Å²) in [4.78, 5) is 0. The number of rotatable bonds is 4. The summed E-state index contributed by atoms with van der Waals surface area (Å²) in [6, 6.07) is 8.28. The van der Waals surface area contributed by atoms with E-state index in [1.165, 1.54) is 24.8 Å². The molecule has 15 heavy (non-hydrogen) atoms. The molecule has 2 N–H and O–H groups in total. The van der Waals surface area contributed by atoms with Gasteiger partial charge < -0.3 is 5.73 Å². The highest BCUT2D eigenvalue weighted by molar-refractivity contribution is 5.32. The fourth-order valence-corrected chi connectivity index (χ4v) is 2.38. The molecule has 1 aliphatic rings. The molecule has 0 heterocycles. The predicted octanol–water partition coefficient (Wildman–Crippen LogP) is 2.58. The van der Waals surface area contributed by atoms with Crippen molar-refractivity contribution in [3.63, 3.8) is 0 Å². The van der Waals surface area contributed by atoms with Crippen LogP contribution in [0.15, 0.2) is 24.3 Å². The molecule has 0 aliphatic heterocycles. The van der Waals surface area contributed by atoms with Crippen LogP contribution in [-0.4, -0.2) is 13.2 Å². The van der Waals surface area contributed by atoms with Gasteiger partial charge in [-0.3, -0.25) is 4.39 Å². The van der Waals surface area contributed by atoms with Crippen molar-refractivity contribution in [2.24, 2.45) is 5.73 Å². The van der Waals surface area contributed by atoms with E-state index in [1.54, 1.807) is 0 Å². The van der Waals surface area contributed by atoms with E-state index >= 15 is 0 Å². The Bertz CT molecular complexity index is 326. The van der Waals surface area contributed by atoms with Gasteiger partial charge >= 0.3 is 0 Å². The Morgan fingerprint density at radius 3 is 2.67 bits per heavy atom. The fourth-order valence-electron chi connectivity index (χ4n) is 2.38. The monoisotopic (exact) mass is 207 g/mol. The smallest absolute Gasteiger partial charge is 0.0934 e. The Kier molecular flexibility index (Phi) is 3.06. The second kappa shape index (κ2) is 4.31. The van der Waals surface area contributed by atoms with Gasteiger partial charge in [0.15, 0.2) is 0 Å². The molecule has 1 aromatic rings. The van der Waals surface area contributed by atoms with Crippen molar-refractivity contribution in [1.82, 2.24) is 0 Å². The summed E-state index contributed by atoms with van der Waals surface area (Å²) in [6.45, 7) is 0.436. The normalized spacial score (nSPS) is 18.5. The third-order valence-electron chi connectivity index (χ3n) is 3.62. The molecule has 0 saturated heterocycles. The molecule has 1 aromatic carbocycles. The molecule has 1 saturated carbocycles. The average Bonchev–Trinajstić information content (AvgIpc) is 2.18. The van der Waals surface area contributed by atoms with Crippen LogP contribution in [0, 0.1) is 0 Å². The van der Waals surface area contributed by atoms with Crippen molar-refractivity contribution in [3.8, 4) is 0 Å². The first-order chi connectivity index (χ1) is 7.30. The van der Waals surface area contributed by atoms with Crippen LogP contribution in [0.1, 0.15) is 30.4 Å². The lowest BCUT2D eigenvalue weighted by atomic mass is 9.64. The van der Waals surface area contributed by atoms with Crippen LogP contribution in [0.25, 0.3) is 0 Å². The summed E-state index contributed by atoms with van der Waals surface area (Å²) in [5, 5.41) is 0. The number of benzene rings is 1. The SMILES string of the molecule is NCC1(c2cccc(CCF)c2)CCC1. The van der Waals surface area contributed by atoms with Gasteiger partial charge in [0, 0.05) is 18.4 Å². The molecule has 0 aromatic heterocycles. The molecule has 2 heteroatoms.